The van der Waals surface area contributed by atoms with Gasteiger partial charge in [0.05, 0.1) is 14.2 Å². The van der Waals surface area contributed by atoms with E-state index < -0.39 is 0 Å². The van der Waals surface area contributed by atoms with Crippen LogP contribution >= 0.6 is 0 Å². The lowest BCUT2D eigenvalue weighted by Crippen LogP contribution is -1.91. The lowest BCUT2D eigenvalue weighted by molar-refractivity contribution is 0.112. The number of phenolic OH excluding ortho intramolecular Hbond substituents is 1. The minimum Gasteiger partial charge on any atom is -0.502 e. The monoisotopic (exact) mass is 232 g/mol. The Morgan fingerprint density at radius 2 is 1.94 bits per heavy atom. The predicted molar refractivity (Wildman–Crippen MR) is 64.1 cm³/mol. The summed E-state index contributed by atoms with van der Waals surface area (Å²) in [5.41, 5.74) is 0.562. The Hall–Kier alpha value is -2.23. The molecule has 0 saturated heterocycles. The van der Waals surface area contributed by atoms with E-state index in [1.165, 1.54) is 14.2 Å². The van der Waals surface area contributed by atoms with Crippen LogP contribution in [0.2, 0.25) is 0 Å². The Labute approximate surface area is 98.4 Å². The van der Waals surface area contributed by atoms with Gasteiger partial charge in [-0.15, -0.1) is 0 Å². The summed E-state index contributed by atoms with van der Waals surface area (Å²) in [5, 5.41) is 11.4. The maximum absolute atomic E-state index is 10.7. The van der Waals surface area contributed by atoms with Crippen LogP contribution < -0.4 is 9.47 Å². The van der Waals surface area contributed by atoms with Crippen molar-refractivity contribution in [3.8, 4) is 17.2 Å². The van der Waals surface area contributed by atoms with Crippen molar-refractivity contribution in [2.24, 2.45) is 0 Å². The molecule has 4 nitrogen and oxygen atoms in total. The van der Waals surface area contributed by atoms with Crippen LogP contribution in [-0.2, 0) is 0 Å². The molecule has 88 valence electrons. The molecule has 0 spiro atoms. The molecule has 0 aromatic heterocycles. The van der Waals surface area contributed by atoms with Gasteiger partial charge in [0, 0.05) is 10.9 Å². The molecule has 0 radical (unpaired) electrons. The fourth-order valence-corrected chi connectivity index (χ4v) is 1.79. The maximum atomic E-state index is 10.7. The minimum absolute atomic E-state index is 0.0404. The Balaban J connectivity index is 2.82. The van der Waals surface area contributed by atoms with E-state index in [-0.39, 0.29) is 5.75 Å². The number of fused-ring (bicyclic) bond motifs is 1. The zero-order valence-electron chi connectivity index (χ0n) is 9.56. The van der Waals surface area contributed by atoms with Gasteiger partial charge in [0.15, 0.2) is 11.5 Å². The molecule has 0 fully saturated rings. The molecule has 2 rings (SSSR count). The van der Waals surface area contributed by atoms with Gasteiger partial charge in [0.25, 0.3) is 0 Å². The van der Waals surface area contributed by atoms with Gasteiger partial charge in [-0.2, -0.15) is 0 Å². The molecular weight excluding hydrogens is 220 g/mol. The summed E-state index contributed by atoms with van der Waals surface area (Å²) < 4.78 is 10.2. The number of carbonyl (C=O) groups is 1. The van der Waals surface area contributed by atoms with E-state index in [2.05, 4.69) is 0 Å². The number of hydrogen-bond donors (Lipinski definition) is 1. The highest BCUT2D eigenvalue weighted by molar-refractivity contribution is 5.96. The number of aldehydes is 1. The number of rotatable bonds is 3. The fraction of sp³-hybridized carbons (Fsp3) is 0.154. The van der Waals surface area contributed by atoms with Crippen LogP contribution in [0.5, 0.6) is 17.2 Å². The van der Waals surface area contributed by atoms with Gasteiger partial charge in [-0.1, -0.05) is 6.07 Å². The number of benzene rings is 2. The van der Waals surface area contributed by atoms with E-state index in [1.54, 1.807) is 24.3 Å². The molecule has 4 heteroatoms. The highest BCUT2D eigenvalue weighted by Crippen LogP contribution is 2.42. The van der Waals surface area contributed by atoms with Crippen molar-refractivity contribution < 1.29 is 19.4 Å². The third-order valence-corrected chi connectivity index (χ3v) is 2.62. The second-order valence-corrected chi connectivity index (χ2v) is 3.56. The molecule has 0 unspecified atom stereocenters. The fourth-order valence-electron chi connectivity index (χ4n) is 1.79. The van der Waals surface area contributed by atoms with E-state index in [0.717, 1.165) is 17.1 Å². The van der Waals surface area contributed by atoms with Crippen LogP contribution in [0.4, 0.5) is 0 Å². The van der Waals surface area contributed by atoms with E-state index in [1.807, 2.05) is 0 Å². The van der Waals surface area contributed by atoms with Crippen molar-refractivity contribution in [3.05, 3.63) is 29.8 Å². The summed E-state index contributed by atoms with van der Waals surface area (Å²) in [6.45, 7) is 0. The number of ether oxygens (including phenoxy) is 2. The largest absolute Gasteiger partial charge is 0.502 e. The number of aromatic hydroxyl groups is 1. The van der Waals surface area contributed by atoms with Gasteiger partial charge in [0.1, 0.15) is 6.29 Å². The van der Waals surface area contributed by atoms with Gasteiger partial charge in [-0.25, -0.2) is 0 Å². The molecule has 0 bridgehead atoms. The van der Waals surface area contributed by atoms with Crippen molar-refractivity contribution in [3.63, 3.8) is 0 Å². The number of phenols is 1. The molecule has 0 saturated carbocycles. The summed E-state index contributed by atoms with van der Waals surface area (Å²) in [6.07, 6.45) is 0.769. The second-order valence-electron chi connectivity index (χ2n) is 3.56. The first-order chi connectivity index (χ1) is 8.21. The predicted octanol–water partition coefficient (Wildman–Crippen LogP) is 2.38. The summed E-state index contributed by atoms with van der Waals surface area (Å²) in [4.78, 5) is 10.7. The Bertz CT molecular complexity index is 575. The third-order valence-electron chi connectivity index (χ3n) is 2.62. The average Bonchev–Trinajstić information content (AvgIpc) is 2.37. The Morgan fingerprint density at radius 3 is 2.53 bits per heavy atom. The second kappa shape index (κ2) is 4.33. The first-order valence-corrected chi connectivity index (χ1v) is 5.04. The lowest BCUT2D eigenvalue weighted by Gasteiger charge is -2.11. The molecule has 0 amide bonds. The first-order valence-electron chi connectivity index (χ1n) is 5.04. The lowest BCUT2D eigenvalue weighted by atomic mass is 10.1. The Morgan fingerprint density at radius 1 is 1.18 bits per heavy atom. The van der Waals surface area contributed by atoms with Gasteiger partial charge in [-0.05, 0) is 23.6 Å². The molecule has 0 aliphatic heterocycles. The van der Waals surface area contributed by atoms with Crippen molar-refractivity contribution in [2.45, 2.75) is 0 Å². The molecule has 0 atom stereocenters. The molecule has 0 aliphatic carbocycles. The van der Waals surface area contributed by atoms with Crippen molar-refractivity contribution in [1.82, 2.24) is 0 Å². The summed E-state index contributed by atoms with van der Waals surface area (Å²) in [7, 11) is 2.94. The standard InChI is InChI=1S/C13H12O4/c1-16-11-6-9-5-8(7-14)3-4-10(9)13(17-2)12(11)15/h3-7,15H,1-2H3. The van der Waals surface area contributed by atoms with Crippen LogP contribution in [0.25, 0.3) is 10.8 Å². The quantitative estimate of drug-likeness (QED) is 0.825. The minimum atomic E-state index is -0.0404. The van der Waals surface area contributed by atoms with E-state index in [0.29, 0.717) is 17.1 Å². The molecule has 0 aliphatic rings. The summed E-state index contributed by atoms with van der Waals surface area (Å²) in [6, 6.07) is 6.79. The van der Waals surface area contributed by atoms with Crippen LogP contribution in [-0.4, -0.2) is 25.6 Å². The average molecular weight is 232 g/mol. The van der Waals surface area contributed by atoms with E-state index in [9.17, 15) is 9.90 Å². The van der Waals surface area contributed by atoms with E-state index in [4.69, 9.17) is 9.47 Å². The molecular formula is C13H12O4. The SMILES string of the molecule is COc1cc2cc(C=O)ccc2c(OC)c1O. The number of methoxy groups -OCH3 is 2. The van der Waals surface area contributed by atoms with Crippen molar-refractivity contribution >= 4 is 17.1 Å². The van der Waals surface area contributed by atoms with Gasteiger partial charge in [0.2, 0.25) is 5.75 Å². The third kappa shape index (κ3) is 1.78. The molecule has 0 heterocycles. The van der Waals surface area contributed by atoms with E-state index >= 15 is 0 Å². The smallest absolute Gasteiger partial charge is 0.201 e. The maximum Gasteiger partial charge on any atom is 0.201 e. The molecule has 1 N–H and O–H groups in total. The number of carbonyl (C=O) groups excluding carboxylic acids is 1. The zero-order valence-corrected chi connectivity index (χ0v) is 9.56. The van der Waals surface area contributed by atoms with Gasteiger partial charge in [-0.3, -0.25) is 4.79 Å². The normalized spacial score (nSPS) is 10.2. The van der Waals surface area contributed by atoms with Gasteiger partial charge >= 0.3 is 0 Å². The molecule has 17 heavy (non-hydrogen) atoms. The number of hydrogen-bond acceptors (Lipinski definition) is 4. The van der Waals surface area contributed by atoms with Crippen LogP contribution in [0.15, 0.2) is 24.3 Å². The van der Waals surface area contributed by atoms with Crippen LogP contribution in [0.1, 0.15) is 10.4 Å². The topological polar surface area (TPSA) is 55.8 Å². The molecule has 2 aromatic rings. The van der Waals surface area contributed by atoms with Gasteiger partial charge < -0.3 is 14.6 Å². The highest BCUT2D eigenvalue weighted by Gasteiger charge is 2.13. The van der Waals surface area contributed by atoms with Crippen LogP contribution in [0.3, 0.4) is 0 Å². The van der Waals surface area contributed by atoms with Crippen molar-refractivity contribution in [1.29, 1.82) is 0 Å². The first kappa shape index (κ1) is 11.3. The van der Waals surface area contributed by atoms with Crippen LogP contribution in [0, 0.1) is 0 Å². The summed E-state index contributed by atoms with van der Waals surface area (Å²) in [5.74, 6) is 0.621. The zero-order chi connectivity index (χ0) is 12.4. The summed E-state index contributed by atoms with van der Waals surface area (Å²) >= 11 is 0. The molecule has 2 aromatic carbocycles. The van der Waals surface area contributed by atoms with Crippen molar-refractivity contribution in [2.75, 3.05) is 14.2 Å². The Kier molecular flexibility index (Phi) is 2.87. The highest BCUT2D eigenvalue weighted by atomic mass is 16.5.